The molecule has 0 unspecified atom stereocenters. The van der Waals surface area contributed by atoms with Crippen LogP contribution in [-0.2, 0) is 16.1 Å². The molecule has 148 valence electrons. The van der Waals surface area contributed by atoms with Gasteiger partial charge < -0.3 is 15.0 Å². The van der Waals surface area contributed by atoms with Crippen molar-refractivity contribution >= 4 is 17.9 Å². The lowest BCUT2D eigenvalue weighted by Gasteiger charge is -2.18. The zero-order valence-electron chi connectivity index (χ0n) is 16.2. The van der Waals surface area contributed by atoms with Crippen LogP contribution in [0.25, 0.3) is 6.08 Å². The molecular weight excluding hydrogens is 359 g/mol. The number of carbonyl (C=O) groups is 2. The molecule has 28 heavy (non-hydrogen) atoms. The van der Waals surface area contributed by atoms with Crippen molar-refractivity contribution in [1.29, 1.82) is 0 Å². The lowest BCUT2D eigenvalue weighted by molar-refractivity contribution is -0.132. The largest absolute Gasteiger partial charge is 0.493 e. The molecule has 0 heterocycles. The molecule has 0 bridgehead atoms. The number of hydrogen-bond acceptors (Lipinski definition) is 3. The second-order valence-electron chi connectivity index (χ2n) is 6.06. The monoisotopic (exact) mass is 384 g/mol. The summed E-state index contributed by atoms with van der Waals surface area (Å²) in [4.78, 5) is 26.0. The minimum Gasteiger partial charge on any atom is -0.493 e. The van der Waals surface area contributed by atoms with Crippen LogP contribution in [0, 0.1) is 5.82 Å². The Hall–Kier alpha value is -3.15. The van der Waals surface area contributed by atoms with Crippen molar-refractivity contribution in [3.05, 3.63) is 71.6 Å². The van der Waals surface area contributed by atoms with Crippen molar-refractivity contribution in [2.24, 2.45) is 0 Å². The van der Waals surface area contributed by atoms with Gasteiger partial charge in [0.25, 0.3) is 0 Å². The standard InChI is InChI=1S/C22H25FN2O3/c1-3-25(16-21(26)24-15-17-9-12-19(23)13-10-17)22(27)14-11-18-7-5-6-8-20(18)28-4-2/h5-14H,3-4,15-16H2,1-2H3,(H,24,26). The predicted molar refractivity (Wildman–Crippen MR) is 107 cm³/mol. The third kappa shape index (κ3) is 6.54. The summed E-state index contributed by atoms with van der Waals surface area (Å²) in [5.41, 5.74) is 1.59. The molecule has 0 spiro atoms. The van der Waals surface area contributed by atoms with Crippen molar-refractivity contribution in [3.8, 4) is 5.75 Å². The van der Waals surface area contributed by atoms with E-state index >= 15 is 0 Å². The summed E-state index contributed by atoms with van der Waals surface area (Å²) in [7, 11) is 0. The first kappa shape index (κ1) is 21.2. The Balaban J connectivity index is 1.91. The van der Waals surface area contributed by atoms with Crippen molar-refractivity contribution < 1.29 is 18.7 Å². The molecule has 0 saturated heterocycles. The maximum atomic E-state index is 12.9. The average Bonchev–Trinajstić information content (AvgIpc) is 2.71. The van der Waals surface area contributed by atoms with Crippen molar-refractivity contribution in [3.63, 3.8) is 0 Å². The molecule has 0 atom stereocenters. The van der Waals surface area contributed by atoms with Crippen LogP contribution in [0.4, 0.5) is 4.39 Å². The van der Waals surface area contributed by atoms with E-state index in [2.05, 4.69) is 5.32 Å². The number of ether oxygens (including phenoxy) is 1. The predicted octanol–water partition coefficient (Wildman–Crippen LogP) is 3.40. The summed E-state index contributed by atoms with van der Waals surface area (Å²) < 4.78 is 18.4. The van der Waals surface area contributed by atoms with Crippen LogP contribution in [0.3, 0.4) is 0 Å². The maximum Gasteiger partial charge on any atom is 0.247 e. The molecule has 2 aromatic carbocycles. The molecule has 0 aliphatic carbocycles. The van der Waals surface area contributed by atoms with Crippen LogP contribution < -0.4 is 10.1 Å². The van der Waals surface area contributed by atoms with Crippen LogP contribution in [0.2, 0.25) is 0 Å². The molecule has 2 rings (SSSR count). The van der Waals surface area contributed by atoms with Gasteiger partial charge in [-0.1, -0.05) is 30.3 Å². The average molecular weight is 384 g/mol. The number of likely N-dealkylation sites (N-methyl/N-ethyl adjacent to an activating group) is 1. The number of amides is 2. The van der Waals surface area contributed by atoms with E-state index in [0.29, 0.717) is 18.9 Å². The fourth-order valence-corrected chi connectivity index (χ4v) is 2.55. The van der Waals surface area contributed by atoms with Crippen LogP contribution in [0.5, 0.6) is 5.75 Å². The number of benzene rings is 2. The summed E-state index contributed by atoms with van der Waals surface area (Å²) in [6.07, 6.45) is 3.13. The number of carbonyl (C=O) groups excluding carboxylic acids is 2. The van der Waals surface area contributed by atoms with Gasteiger partial charge >= 0.3 is 0 Å². The summed E-state index contributed by atoms with van der Waals surface area (Å²) in [5.74, 6) is -0.155. The molecule has 1 N–H and O–H groups in total. The van der Waals surface area contributed by atoms with Gasteiger partial charge in [-0.25, -0.2) is 4.39 Å². The SMILES string of the molecule is CCOc1ccccc1C=CC(=O)N(CC)CC(=O)NCc1ccc(F)cc1. The van der Waals surface area contributed by atoms with Gasteiger partial charge in [-0.3, -0.25) is 9.59 Å². The van der Waals surface area contributed by atoms with E-state index < -0.39 is 0 Å². The molecule has 0 aliphatic rings. The topological polar surface area (TPSA) is 58.6 Å². The van der Waals surface area contributed by atoms with Crippen LogP contribution in [0.15, 0.2) is 54.6 Å². The minimum absolute atomic E-state index is 0.0476. The highest BCUT2D eigenvalue weighted by Crippen LogP contribution is 2.19. The van der Waals surface area contributed by atoms with Crippen LogP contribution in [0.1, 0.15) is 25.0 Å². The first-order valence-electron chi connectivity index (χ1n) is 9.23. The number of rotatable bonds is 9. The lowest BCUT2D eigenvalue weighted by atomic mass is 10.2. The zero-order chi connectivity index (χ0) is 20.4. The summed E-state index contributed by atoms with van der Waals surface area (Å²) >= 11 is 0. The smallest absolute Gasteiger partial charge is 0.247 e. The van der Waals surface area contributed by atoms with E-state index in [1.807, 2.05) is 38.1 Å². The molecule has 6 heteroatoms. The van der Waals surface area contributed by atoms with Crippen molar-refractivity contribution in [2.45, 2.75) is 20.4 Å². The molecule has 2 aromatic rings. The zero-order valence-corrected chi connectivity index (χ0v) is 16.2. The van der Waals surface area contributed by atoms with Gasteiger partial charge in [-0.15, -0.1) is 0 Å². The van der Waals surface area contributed by atoms with Crippen molar-refractivity contribution in [2.75, 3.05) is 19.7 Å². The second-order valence-corrected chi connectivity index (χ2v) is 6.06. The Morgan fingerprint density at radius 2 is 1.82 bits per heavy atom. The Morgan fingerprint density at radius 3 is 2.50 bits per heavy atom. The minimum atomic E-state index is -0.324. The second kappa shape index (κ2) is 10.9. The first-order valence-corrected chi connectivity index (χ1v) is 9.23. The summed E-state index contributed by atoms with van der Waals surface area (Å²) in [6, 6.07) is 13.3. The number of para-hydroxylation sites is 1. The Kier molecular flexibility index (Phi) is 8.21. The highest BCUT2D eigenvalue weighted by atomic mass is 19.1. The van der Waals surface area contributed by atoms with E-state index in [9.17, 15) is 14.0 Å². The lowest BCUT2D eigenvalue weighted by Crippen LogP contribution is -2.39. The van der Waals surface area contributed by atoms with E-state index in [0.717, 1.165) is 11.1 Å². The highest BCUT2D eigenvalue weighted by Gasteiger charge is 2.13. The van der Waals surface area contributed by atoms with Crippen LogP contribution in [-0.4, -0.2) is 36.4 Å². The van der Waals surface area contributed by atoms with E-state index in [-0.39, 0.29) is 30.7 Å². The van der Waals surface area contributed by atoms with Gasteiger partial charge in [0.15, 0.2) is 0 Å². The summed E-state index contributed by atoms with van der Waals surface area (Å²) in [5, 5.41) is 2.74. The molecule has 0 fully saturated rings. The van der Waals surface area contributed by atoms with E-state index in [4.69, 9.17) is 4.74 Å². The normalized spacial score (nSPS) is 10.7. The van der Waals surface area contributed by atoms with Gasteiger partial charge in [0, 0.05) is 24.7 Å². The van der Waals surface area contributed by atoms with Gasteiger partial charge in [0.05, 0.1) is 13.2 Å². The molecule has 0 radical (unpaired) electrons. The third-order valence-electron chi connectivity index (χ3n) is 4.06. The molecule has 2 amide bonds. The molecule has 0 saturated carbocycles. The van der Waals surface area contributed by atoms with Gasteiger partial charge in [0.1, 0.15) is 11.6 Å². The number of halogens is 1. The highest BCUT2D eigenvalue weighted by molar-refractivity contribution is 5.94. The Labute approximate surface area is 164 Å². The van der Waals surface area contributed by atoms with Crippen LogP contribution >= 0.6 is 0 Å². The summed E-state index contributed by atoms with van der Waals surface area (Å²) in [6.45, 7) is 4.88. The number of hydrogen-bond donors (Lipinski definition) is 1. The Morgan fingerprint density at radius 1 is 1.11 bits per heavy atom. The molecule has 5 nitrogen and oxygen atoms in total. The molecule has 0 aliphatic heterocycles. The van der Waals surface area contributed by atoms with Gasteiger partial charge in [0.2, 0.25) is 11.8 Å². The maximum absolute atomic E-state index is 12.9. The van der Waals surface area contributed by atoms with Gasteiger partial charge in [-0.2, -0.15) is 0 Å². The third-order valence-corrected chi connectivity index (χ3v) is 4.06. The first-order chi connectivity index (χ1) is 13.5. The molecular formula is C22H25FN2O3. The van der Waals surface area contributed by atoms with E-state index in [1.54, 1.807) is 18.2 Å². The fourth-order valence-electron chi connectivity index (χ4n) is 2.55. The van der Waals surface area contributed by atoms with E-state index in [1.165, 1.54) is 23.1 Å². The van der Waals surface area contributed by atoms with Crippen molar-refractivity contribution in [1.82, 2.24) is 10.2 Å². The van der Waals surface area contributed by atoms with Gasteiger partial charge in [-0.05, 0) is 43.7 Å². The quantitative estimate of drug-likeness (QED) is 0.674. The number of nitrogens with zero attached hydrogens (tertiary/aromatic N) is 1. The number of nitrogens with one attached hydrogen (secondary N) is 1. The molecule has 0 aromatic heterocycles. The Bertz CT molecular complexity index is 819. The fraction of sp³-hybridized carbons (Fsp3) is 0.273.